The number of amides is 3. The molecule has 3 N–H and O–H groups in total. The Morgan fingerprint density at radius 2 is 1.57 bits per heavy atom. The SMILES string of the molecule is CC(C)CN(CCC(=O)OC(C)(C)C)C(=O)N[C@@H](Cc1ccc(-c2ccccc2)cc1)C(=O)NO. The summed E-state index contributed by atoms with van der Waals surface area (Å²) in [5.41, 5.74) is 3.96. The van der Waals surface area contributed by atoms with Crippen LogP contribution in [0.1, 0.15) is 46.6 Å². The maximum absolute atomic E-state index is 13.0. The minimum atomic E-state index is -0.994. The molecule has 0 spiro atoms. The van der Waals surface area contributed by atoms with Gasteiger partial charge in [-0.15, -0.1) is 0 Å². The molecule has 1 atom stereocenters. The van der Waals surface area contributed by atoms with Crippen LogP contribution in [0.25, 0.3) is 11.1 Å². The fraction of sp³-hybridized carbons (Fsp3) is 0.444. The number of hydrogen-bond acceptors (Lipinski definition) is 5. The molecule has 3 amide bonds. The van der Waals surface area contributed by atoms with Gasteiger partial charge in [0.25, 0.3) is 5.91 Å². The molecule has 2 aromatic rings. The summed E-state index contributed by atoms with van der Waals surface area (Å²) < 4.78 is 5.34. The van der Waals surface area contributed by atoms with E-state index in [2.05, 4.69) is 5.32 Å². The standard InChI is InChI=1S/C27H37N3O5/c1-19(2)18-30(16-15-24(31)35-27(3,4)5)26(33)28-23(25(32)29-34)17-20-11-13-22(14-12-20)21-9-7-6-8-10-21/h6-14,19,23,34H,15-18H2,1-5H3,(H,28,33)(H,29,32)/t23-/m0/s1. The molecule has 0 fully saturated rings. The second-order valence-electron chi connectivity index (χ2n) is 9.92. The van der Waals surface area contributed by atoms with Crippen molar-refractivity contribution in [3.8, 4) is 11.1 Å². The Morgan fingerprint density at radius 3 is 2.11 bits per heavy atom. The highest BCUT2D eigenvalue weighted by Crippen LogP contribution is 2.20. The zero-order valence-corrected chi connectivity index (χ0v) is 21.2. The molecule has 35 heavy (non-hydrogen) atoms. The number of rotatable bonds is 10. The van der Waals surface area contributed by atoms with Gasteiger partial charge in [-0.2, -0.15) is 0 Å². The van der Waals surface area contributed by atoms with E-state index in [1.165, 1.54) is 4.90 Å². The van der Waals surface area contributed by atoms with Crippen LogP contribution in [0.15, 0.2) is 54.6 Å². The molecule has 0 radical (unpaired) electrons. The number of benzene rings is 2. The van der Waals surface area contributed by atoms with Gasteiger partial charge in [0.1, 0.15) is 11.6 Å². The number of nitrogens with zero attached hydrogens (tertiary/aromatic N) is 1. The van der Waals surface area contributed by atoms with Crippen LogP contribution >= 0.6 is 0 Å². The van der Waals surface area contributed by atoms with E-state index in [0.29, 0.717) is 6.54 Å². The summed E-state index contributed by atoms with van der Waals surface area (Å²) >= 11 is 0. The lowest BCUT2D eigenvalue weighted by Crippen LogP contribution is -2.52. The van der Waals surface area contributed by atoms with E-state index in [0.717, 1.165) is 16.7 Å². The van der Waals surface area contributed by atoms with Gasteiger partial charge in [0.05, 0.1) is 6.42 Å². The van der Waals surface area contributed by atoms with Gasteiger partial charge in [-0.25, -0.2) is 10.3 Å². The van der Waals surface area contributed by atoms with Gasteiger partial charge in [0, 0.05) is 19.5 Å². The van der Waals surface area contributed by atoms with Gasteiger partial charge in [-0.1, -0.05) is 68.4 Å². The molecule has 0 heterocycles. The van der Waals surface area contributed by atoms with Crippen LogP contribution in [-0.2, 0) is 20.7 Å². The molecule has 0 unspecified atom stereocenters. The number of hydrogen-bond donors (Lipinski definition) is 3. The van der Waals surface area contributed by atoms with Crippen LogP contribution in [0.2, 0.25) is 0 Å². The van der Waals surface area contributed by atoms with Gasteiger partial charge < -0.3 is 15.0 Å². The summed E-state index contributed by atoms with van der Waals surface area (Å²) in [6.07, 6.45) is 0.226. The van der Waals surface area contributed by atoms with Crippen molar-refractivity contribution in [1.82, 2.24) is 15.7 Å². The second kappa shape index (κ2) is 12.9. The van der Waals surface area contributed by atoms with Crippen molar-refractivity contribution in [3.05, 3.63) is 60.2 Å². The van der Waals surface area contributed by atoms with E-state index in [-0.39, 0.29) is 25.3 Å². The molecule has 0 aliphatic rings. The van der Waals surface area contributed by atoms with Crippen LogP contribution in [0.4, 0.5) is 4.79 Å². The number of hydroxylamine groups is 1. The first-order chi connectivity index (χ1) is 16.5. The van der Waals surface area contributed by atoms with E-state index in [1.807, 2.05) is 68.4 Å². The van der Waals surface area contributed by atoms with Crippen LogP contribution in [0.5, 0.6) is 0 Å². The maximum Gasteiger partial charge on any atom is 0.318 e. The molecular weight excluding hydrogens is 446 g/mol. The summed E-state index contributed by atoms with van der Waals surface area (Å²) in [6.45, 7) is 9.82. The van der Waals surface area contributed by atoms with Crippen molar-refractivity contribution in [2.24, 2.45) is 5.92 Å². The van der Waals surface area contributed by atoms with Gasteiger partial charge in [-0.3, -0.25) is 14.8 Å². The molecule has 0 saturated carbocycles. The highest BCUT2D eigenvalue weighted by atomic mass is 16.6. The monoisotopic (exact) mass is 483 g/mol. The Hall–Kier alpha value is -3.39. The predicted octanol–water partition coefficient (Wildman–Crippen LogP) is 4.17. The minimum absolute atomic E-state index is 0.0369. The fourth-order valence-electron chi connectivity index (χ4n) is 3.56. The second-order valence-corrected chi connectivity index (χ2v) is 9.92. The third-order valence-electron chi connectivity index (χ3n) is 5.10. The Bertz CT molecular complexity index is 969. The number of nitrogens with one attached hydrogen (secondary N) is 2. The van der Waals surface area contributed by atoms with Crippen molar-refractivity contribution >= 4 is 17.9 Å². The lowest BCUT2D eigenvalue weighted by molar-refractivity contribution is -0.155. The van der Waals surface area contributed by atoms with Crippen LogP contribution in [0.3, 0.4) is 0 Å². The molecule has 0 aliphatic carbocycles. The average molecular weight is 484 g/mol. The molecule has 0 bridgehead atoms. The van der Waals surface area contributed by atoms with E-state index < -0.39 is 29.6 Å². The first-order valence-corrected chi connectivity index (χ1v) is 11.8. The first kappa shape index (κ1) is 27.9. The summed E-state index contributed by atoms with van der Waals surface area (Å²) in [5.74, 6) is -0.973. The third-order valence-corrected chi connectivity index (χ3v) is 5.10. The van der Waals surface area contributed by atoms with Crippen LogP contribution in [-0.4, -0.2) is 52.7 Å². The quantitative estimate of drug-likeness (QED) is 0.267. The molecule has 190 valence electrons. The smallest absolute Gasteiger partial charge is 0.318 e. The van der Waals surface area contributed by atoms with Crippen molar-refractivity contribution in [2.75, 3.05) is 13.1 Å². The summed E-state index contributed by atoms with van der Waals surface area (Å²) in [5, 5.41) is 11.9. The van der Waals surface area contributed by atoms with Crippen molar-refractivity contribution in [1.29, 1.82) is 0 Å². The molecule has 8 nitrogen and oxygen atoms in total. The maximum atomic E-state index is 13.0. The number of carbonyl (C=O) groups is 3. The van der Waals surface area contributed by atoms with Gasteiger partial charge in [0.15, 0.2) is 0 Å². The highest BCUT2D eigenvalue weighted by molar-refractivity contribution is 5.86. The zero-order valence-electron chi connectivity index (χ0n) is 21.2. The van der Waals surface area contributed by atoms with Gasteiger partial charge in [0.2, 0.25) is 0 Å². The molecule has 0 aromatic heterocycles. The zero-order chi connectivity index (χ0) is 26.0. The van der Waals surface area contributed by atoms with E-state index in [1.54, 1.807) is 26.3 Å². The molecule has 0 aliphatic heterocycles. The number of ether oxygens (including phenoxy) is 1. The fourth-order valence-corrected chi connectivity index (χ4v) is 3.56. The lowest BCUT2D eigenvalue weighted by atomic mass is 10.0. The Morgan fingerprint density at radius 1 is 0.971 bits per heavy atom. The molecular formula is C27H37N3O5. The van der Waals surface area contributed by atoms with Gasteiger partial charge >= 0.3 is 12.0 Å². The van der Waals surface area contributed by atoms with Gasteiger partial charge in [-0.05, 0) is 43.4 Å². The molecule has 8 heteroatoms. The third kappa shape index (κ3) is 9.78. The molecule has 2 rings (SSSR count). The van der Waals surface area contributed by atoms with Crippen LogP contribution in [0, 0.1) is 5.92 Å². The summed E-state index contributed by atoms with van der Waals surface area (Å²) in [4.78, 5) is 39.0. The van der Waals surface area contributed by atoms with Crippen LogP contribution < -0.4 is 10.8 Å². The van der Waals surface area contributed by atoms with E-state index >= 15 is 0 Å². The highest BCUT2D eigenvalue weighted by Gasteiger charge is 2.25. The number of carbonyl (C=O) groups excluding carboxylic acids is 3. The number of urea groups is 1. The van der Waals surface area contributed by atoms with Crippen molar-refractivity contribution in [2.45, 2.75) is 59.1 Å². The summed E-state index contributed by atoms with van der Waals surface area (Å²) in [7, 11) is 0. The first-order valence-electron chi connectivity index (χ1n) is 11.8. The van der Waals surface area contributed by atoms with E-state index in [9.17, 15) is 19.6 Å². The van der Waals surface area contributed by atoms with Crippen molar-refractivity contribution < 1.29 is 24.3 Å². The summed E-state index contributed by atoms with van der Waals surface area (Å²) in [6, 6.07) is 16.1. The Labute approximate surface area is 207 Å². The lowest BCUT2D eigenvalue weighted by Gasteiger charge is -2.28. The van der Waals surface area contributed by atoms with E-state index in [4.69, 9.17) is 4.74 Å². The Balaban J connectivity index is 2.08. The molecule has 0 saturated heterocycles. The predicted molar refractivity (Wildman–Crippen MR) is 135 cm³/mol. The number of esters is 1. The average Bonchev–Trinajstić information content (AvgIpc) is 2.80. The van der Waals surface area contributed by atoms with Crippen molar-refractivity contribution in [3.63, 3.8) is 0 Å². The largest absolute Gasteiger partial charge is 0.460 e. The Kier molecular flexibility index (Phi) is 10.3. The minimum Gasteiger partial charge on any atom is -0.460 e. The molecule has 2 aromatic carbocycles. The normalized spacial score (nSPS) is 12.1. The topological polar surface area (TPSA) is 108 Å².